The predicted octanol–water partition coefficient (Wildman–Crippen LogP) is 9.67. The van der Waals surface area contributed by atoms with E-state index in [-0.39, 0.29) is 188 Å². The first-order chi connectivity index (χ1) is 53.7. The largest absolute Gasteiger partial charge is 0.481 e. The van der Waals surface area contributed by atoms with Gasteiger partial charge in [-0.05, 0) is 89.9 Å². The zero-order valence-corrected chi connectivity index (χ0v) is 68.4. The van der Waals surface area contributed by atoms with Gasteiger partial charge in [-0.15, -0.1) is 0 Å². The summed E-state index contributed by atoms with van der Waals surface area (Å²) in [5, 5.41) is 58.7. The molecular formula is C82H147N7O23. The molecule has 0 spiro atoms. The van der Waals surface area contributed by atoms with Crippen LogP contribution in [0.2, 0.25) is 0 Å². The number of carboxylic acids is 4. The number of hydrogen-bond donors (Lipinski definition) is 12. The molecule has 0 rings (SSSR count). The molecule has 0 aromatic carbocycles. The Hall–Kier alpha value is -6.70. The van der Waals surface area contributed by atoms with Crippen molar-refractivity contribution < 1.29 is 112 Å². The molecule has 0 aliphatic carbocycles. The predicted molar refractivity (Wildman–Crippen MR) is 426 cm³/mol. The van der Waals surface area contributed by atoms with E-state index in [0.717, 1.165) is 180 Å². The molecule has 30 heteroatoms. The first kappa shape index (κ1) is 107. The van der Waals surface area contributed by atoms with Crippen LogP contribution >= 0.6 is 0 Å². The van der Waals surface area contributed by atoms with Crippen molar-refractivity contribution in [2.24, 2.45) is 29.2 Å². The molecule has 0 aliphatic rings. The molecule has 0 aromatic heterocycles. The molecule has 0 unspecified atom stereocenters. The second-order valence-electron chi connectivity index (χ2n) is 29.5. The van der Waals surface area contributed by atoms with Crippen molar-refractivity contribution in [3.63, 3.8) is 0 Å². The first-order valence-electron chi connectivity index (χ1n) is 42.0. The topological polar surface area (TPSA) is 489 Å². The number of carbonyl (C=O) groups excluding carboxylic acids is 10. The Kier molecular flexibility index (Phi) is 72.5. The van der Waals surface area contributed by atoms with Crippen molar-refractivity contribution in [3.8, 4) is 0 Å². The Morgan fingerprint density at radius 2 is 0.679 bits per heavy atom. The average Bonchev–Trinajstić information content (AvgIpc) is 0.933. The van der Waals surface area contributed by atoms with E-state index in [1.807, 2.05) is 13.8 Å². The molecule has 0 aromatic rings. The van der Waals surface area contributed by atoms with Gasteiger partial charge in [0.2, 0.25) is 29.5 Å². The minimum Gasteiger partial charge on any atom is -0.481 e. The maximum Gasteiger partial charge on any atom is 0.326 e. The van der Waals surface area contributed by atoms with Crippen molar-refractivity contribution >= 4 is 82.3 Å². The number of Topliss-reactive ketones (excluding diaryl/α,β-unsaturated/α-hetero) is 5. The summed E-state index contributed by atoms with van der Waals surface area (Å²) >= 11 is 0. The molecule has 0 heterocycles. The molecular weight excluding hydrogens is 1450 g/mol. The zero-order chi connectivity index (χ0) is 83.6. The molecule has 0 radical (unpaired) electrons. The van der Waals surface area contributed by atoms with Crippen molar-refractivity contribution in [1.82, 2.24) is 26.6 Å². The molecule has 0 aliphatic heterocycles. The van der Waals surface area contributed by atoms with Gasteiger partial charge < -0.3 is 82.5 Å². The third kappa shape index (κ3) is 71.1. The van der Waals surface area contributed by atoms with E-state index < -0.39 is 54.5 Å². The lowest BCUT2D eigenvalue weighted by Crippen LogP contribution is -2.41. The minimum absolute atomic E-state index is 0.00148. The number of rotatable bonds is 81. The number of unbranched alkanes of at least 4 members (excludes halogenated alkanes) is 24. The highest BCUT2D eigenvalue weighted by Gasteiger charge is 2.24. The van der Waals surface area contributed by atoms with E-state index >= 15 is 0 Å². The number of aliphatic carboxylic acids is 4. The van der Waals surface area contributed by atoms with Crippen molar-refractivity contribution in [2.75, 3.05) is 85.6 Å². The molecule has 14 N–H and O–H groups in total. The Labute approximate surface area is 666 Å². The number of hydrogen-bond acceptors (Lipinski definition) is 21. The fraction of sp³-hybridized carbons (Fsp3) is 0.829. The second-order valence-corrected chi connectivity index (χ2v) is 29.5. The van der Waals surface area contributed by atoms with E-state index in [4.69, 9.17) is 45.7 Å². The number of carbonyl (C=O) groups is 14. The zero-order valence-electron chi connectivity index (χ0n) is 68.4. The van der Waals surface area contributed by atoms with Crippen LogP contribution in [0.5, 0.6) is 0 Å². The summed E-state index contributed by atoms with van der Waals surface area (Å²) in [6.45, 7) is 7.96. The maximum absolute atomic E-state index is 12.4. The van der Waals surface area contributed by atoms with Crippen LogP contribution in [0.3, 0.4) is 0 Å². The van der Waals surface area contributed by atoms with Crippen molar-refractivity contribution in [2.45, 2.75) is 334 Å². The third-order valence-corrected chi connectivity index (χ3v) is 19.3. The summed E-state index contributed by atoms with van der Waals surface area (Å²) < 4.78 is 21.6. The average molecular weight is 1600 g/mol. The minimum atomic E-state index is -1.19. The molecule has 0 saturated carbocycles. The summed E-state index contributed by atoms with van der Waals surface area (Å²) in [7, 11) is 0. The second kappa shape index (κ2) is 75.6. The van der Waals surface area contributed by atoms with Gasteiger partial charge in [-0.3, -0.25) is 62.3 Å². The van der Waals surface area contributed by atoms with E-state index in [0.29, 0.717) is 77.3 Å². The number of ketones is 5. The smallest absolute Gasteiger partial charge is 0.326 e. The molecule has 112 heavy (non-hydrogen) atoms. The van der Waals surface area contributed by atoms with Crippen LogP contribution in [0.25, 0.3) is 0 Å². The Morgan fingerprint density at radius 1 is 0.330 bits per heavy atom. The fourth-order valence-corrected chi connectivity index (χ4v) is 12.1. The van der Waals surface area contributed by atoms with E-state index in [9.17, 15) is 77.3 Å². The van der Waals surface area contributed by atoms with E-state index in [1.165, 1.54) is 0 Å². The summed E-state index contributed by atoms with van der Waals surface area (Å²) in [6.07, 6.45) is 31.9. The van der Waals surface area contributed by atoms with Gasteiger partial charge in [0.1, 0.15) is 37.4 Å². The summed E-state index contributed by atoms with van der Waals surface area (Å²) in [5.41, 5.74) is 12.0. The number of aliphatic hydroxyl groups is 1. The lowest BCUT2D eigenvalue weighted by molar-refractivity contribution is -0.144. The lowest BCUT2D eigenvalue weighted by Gasteiger charge is -2.14. The van der Waals surface area contributed by atoms with Crippen molar-refractivity contribution in [1.29, 1.82) is 0 Å². The number of carboxylic acid groups (broad SMARTS) is 4. The molecule has 0 bridgehead atoms. The monoisotopic (exact) mass is 1600 g/mol. The van der Waals surface area contributed by atoms with Crippen LogP contribution in [0.4, 0.5) is 0 Å². The van der Waals surface area contributed by atoms with Gasteiger partial charge in [0.15, 0.2) is 17.3 Å². The van der Waals surface area contributed by atoms with Gasteiger partial charge in [0.25, 0.3) is 0 Å². The van der Waals surface area contributed by atoms with Gasteiger partial charge in [0.05, 0.1) is 57.6 Å². The fourth-order valence-electron chi connectivity index (χ4n) is 12.1. The Bertz CT molecular complexity index is 2410. The molecule has 30 nitrogen and oxygen atoms in total. The van der Waals surface area contributed by atoms with Gasteiger partial charge in [0, 0.05) is 102 Å². The van der Waals surface area contributed by atoms with Crippen molar-refractivity contribution in [3.05, 3.63) is 0 Å². The van der Waals surface area contributed by atoms with Crippen LogP contribution < -0.4 is 38.1 Å². The Balaban J connectivity index is 0. The van der Waals surface area contributed by atoms with Crippen LogP contribution in [0.15, 0.2) is 0 Å². The van der Waals surface area contributed by atoms with E-state index in [2.05, 4.69) is 26.6 Å². The van der Waals surface area contributed by atoms with Gasteiger partial charge in [-0.1, -0.05) is 162 Å². The van der Waals surface area contributed by atoms with Crippen LogP contribution in [-0.2, 0) is 86.1 Å². The van der Waals surface area contributed by atoms with Crippen LogP contribution in [0, 0.1) is 17.8 Å². The molecule has 5 amide bonds. The maximum atomic E-state index is 12.4. The third-order valence-electron chi connectivity index (χ3n) is 19.3. The highest BCUT2D eigenvalue weighted by molar-refractivity contribution is 5.86. The van der Waals surface area contributed by atoms with Crippen LogP contribution in [-0.4, -0.2) is 212 Å². The highest BCUT2D eigenvalue weighted by Crippen LogP contribution is 2.19. The number of amides is 5. The number of nitrogens with one attached hydrogen (secondary N) is 5. The molecule has 6 atom stereocenters. The molecule has 0 fully saturated rings. The normalized spacial score (nSPS) is 12.7. The lowest BCUT2D eigenvalue weighted by atomic mass is 9.94. The summed E-state index contributed by atoms with van der Waals surface area (Å²) in [5.74, 6) is -6.22. The van der Waals surface area contributed by atoms with E-state index in [1.54, 1.807) is 6.92 Å². The molecule has 0 saturated heterocycles. The van der Waals surface area contributed by atoms with Gasteiger partial charge >= 0.3 is 23.9 Å². The van der Waals surface area contributed by atoms with Gasteiger partial charge in [-0.2, -0.15) is 0 Å². The SMILES string of the molecule is CCC(=O)[C@@H](C)CCCCNC(=O)[C@@H](N)CCCCCC(=O)COCCOCCNC(=O)CC[C@H](CC(=O)CCCCCCCCCCCCC(=O)O)C(=O)O.C[C@@H](CCCCNC(=O)[C@@H](N)CCCCCC(=O)COCCOCCNC(=O)CC[C@H](NC(=O)CCCCCCCCCCCCC(=O)O)C(=O)O)C(=O)CO. The summed E-state index contributed by atoms with van der Waals surface area (Å²) in [6, 6.07) is -2.34. The first-order valence-corrected chi connectivity index (χ1v) is 42.0. The van der Waals surface area contributed by atoms with Gasteiger partial charge in [-0.25, -0.2) is 4.79 Å². The number of nitrogens with two attached hydrogens (primary N) is 2. The Morgan fingerprint density at radius 3 is 1.06 bits per heavy atom. The van der Waals surface area contributed by atoms with Crippen LogP contribution in [0.1, 0.15) is 316 Å². The quantitative estimate of drug-likeness (QED) is 0.0252. The number of aliphatic hydroxyl groups excluding tert-OH is 1. The number of ether oxygens (including phenoxy) is 4. The standard InChI is InChI=1S/C42H75N3O11.C40H72N4O12/c1-3-38(48)33(2)19-17-18-26-45-41(52)37(43)22-15-12-14-21-36(47)32-56-30-29-55-28-27-44-39(49)25-24-34(42(53)54)31-35(46)20-13-10-8-6-4-5-7-9-11-16-23-40(50)51;1-31(35(47)29-45)17-15-16-24-43-39(52)33(41)19-12-10-11-18-32(46)30-56-28-27-55-26-25-42-36(48)23-22-34(40(53)54)44-37(49)20-13-8-6-4-2-3-5-7-9-14-21-38(50)51/h33-34,37H,3-32,43H2,1-2H3,(H,44,49)(H,45,52)(H,50,51)(H,53,54);31,33-34,45H,2-30,41H2,1H3,(H,42,48)(H,43,52)(H,44,49)(H,50,51)(H,53,54)/t33-,34+,37-;31-,33-,34-/m00/s1. The molecule has 648 valence electrons. The highest BCUT2D eigenvalue weighted by atomic mass is 16.5. The summed E-state index contributed by atoms with van der Waals surface area (Å²) in [4.78, 5) is 165.